The second kappa shape index (κ2) is 4.71. The molecule has 0 saturated carbocycles. The van der Waals surface area contributed by atoms with Crippen LogP contribution >= 0.6 is 7.64 Å². The van der Waals surface area contributed by atoms with Crippen LogP contribution in [0, 0.1) is 0 Å². The number of amides is 1. The van der Waals surface area contributed by atoms with Crippen molar-refractivity contribution in [2.24, 2.45) is 0 Å². The topological polar surface area (TPSA) is 29.5 Å². The molecule has 1 amide bonds. The number of alkyl halides is 1. The highest BCUT2D eigenvalue weighted by Gasteiger charge is 2.50. The van der Waals surface area contributed by atoms with Crippen LogP contribution < -0.4 is 0 Å². The van der Waals surface area contributed by atoms with E-state index in [-0.39, 0.29) is 6.10 Å². The zero-order valence-corrected chi connectivity index (χ0v) is 10.9. The number of carbonyl (C=O) groups is 1. The van der Waals surface area contributed by atoms with Gasteiger partial charge in [0.05, 0.1) is 19.9 Å². The minimum absolute atomic E-state index is 0.130. The van der Waals surface area contributed by atoms with Crippen molar-refractivity contribution in [2.45, 2.75) is 6.10 Å². The molecule has 0 aromatic heterocycles. The molecule has 1 fully saturated rings. The van der Waals surface area contributed by atoms with E-state index in [1.54, 1.807) is 4.67 Å². The summed E-state index contributed by atoms with van der Waals surface area (Å²) < 4.78 is 20.0. The first-order valence-electron chi connectivity index (χ1n) is 5.49. The van der Waals surface area contributed by atoms with Gasteiger partial charge in [0.1, 0.15) is 0 Å². The SMILES string of the molecule is C[P+]1(C)O[C@@H](c2ccccc2)CN1C(=O)CF. The fourth-order valence-electron chi connectivity index (χ4n) is 2.03. The van der Waals surface area contributed by atoms with Gasteiger partial charge in [-0.15, -0.1) is 0 Å². The summed E-state index contributed by atoms with van der Waals surface area (Å²) >= 11 is 0. The summed E-state index contributed by atoms with van der Waals surface area (Å²) in [6, 6.07) is 9.74. The van der Waals surface area contributed by atoms with E-state index in [2.05, 4.69) is 0 Å². The number of halogens is 1. The maximum Gasteiger partial charge on any atom is 0.287 e. The molecule has 17 heavy (non-hydrogen) atoms. The summed E-state index contributed by atoms with van der Waals surface area (Å²) in [5.41, 5.74) is 1.04. The second-order valence-corrected chi connectivity index (χ2v) is 7.69. The van der Waals surface area contributed by atoms with Gasteiger partial charge in [0.2, 0.25) is 7.64 Å². The molecule has 1 heterocycles. The van der Waals surface area contributed by atoms with Crippen LogP contribution in [0.15, 0.2) is 30.3 Å². The van der Waals surface area contributed by atoms with Crippen molar-refractivity contribution in [3.05, 3.63) is 35.9 Å². The molecular formula is C12H16FNO2P+. The van der Waals surface area contributed by atoms with Crippen molar-refractivity contribution < 1.29 is 13.7 Å². The van der Waals surface area contributed by atoms with Crippen molar-refractivity contribution >= 4 is 13.5 Å². The highest BCUT2D eigenvalue weighted by atomic mass is 31.2. The predicted octanol–water partition coefficient (Wildman–Crippen LogP) is 2.66. The summed E-state index contributed by atoms with van der Waals surface area (Å²) in [6.45, 7) is 3.29. The normalized spacial score (nSPS) is 22.8. The minimum atomic E-state index is -1.95. The van der Waals surface area contributed by atoms with Crippen molar-refractivity contribution in [3.8, 4) is 0 Å². The van der Waals surface area contributed by atoms with Gasteiger partial charge in [-0.25, -0.2) is 8.91 Å². The highest BCUT2D eigenvalue weighted by Crippen LogP contribution is 2.64. The van der Waals surface area contributed by atoms with Crippen LogP contribution in [0.2, 0.25) is 0 Å². The van der Waals surface area contributed by atoms with Crippen LogP contribution in [-0.4, -0.2) is 37.1 Å². The Kier molecular flexibility index (Phi) is 3.45. The van der Waals surface area contributed by atoms with Gasteiger partial charge in [-0.2, -0.15) is 4.67 Å². The third-order valence-corrected chi connectivity index (χ3v) is 5.20. The van der Waals surface area contributed by atoms with Gasteiger partial charge in [0.15, 0.2) is 12.8 Å². The maximum absolute atomic E-state index is 12.5. The van der Waals surface area contributed by atoms with Gasteiger partial charge in [0.25, 0.3) is 5.91 Å². The molecule has 92 valence electrons. The number of rotatable bonds is 2. The highest BCUT2D eigenvalue weighted by molar-refractivity contribution is 7.68. The lowest BCUT2D eigenvalue weighted by Crippen LogP contribution is -2.28. The smallest absolute Gasteiger partial charge is 0.268 e. The Hall–Kier alpha value is -0.990. The van der Waals surface area contributed by atoms with Gasteiger partial charge >= 0.3 is 0 Å². The molecule has 1 saturated heterocycles. The molecule has 1 aromatic carbocycles. The van der Waals surface area contributed by atoms with Crippen molar-refractivity contribution in [1.82, 2.24) is 4.67 Å². The quantitative estimate of drug-likeness (QED) is 0.761. The Morgan fingerprint density at radius 2 is 2.12 bits per heavy atom. The van der Waals surface area contributed by atoms with Crippen molar-refractivity contribution in [3.63, 3.8) is 0 Å². The Bertz CT molecular complexity index is 410. The summed E-state index contributed by atoms with van der Waals surface area (Å²) in [7, 11) is -1.95. The molecule has 0 bridgehead atoms. The molecule has 0 unspecified atom stereocenters. The molecule has 0 radical (unpaired) electrons. The van der Waals surface area contributed by atoms with E-state index < -0.39 is 20.2 Å². The third kappa shape index (κ3) is 2.48. The first-order chi connectivity index (χ1) is 8.04. The number of benzene rings is 1. The maximum atomic E-state index is 12.5. The third-order valence-electron chi connectivity index (χ3n) is 2.88. The summed E-state index contributed by atoms with van der Waals surface area (Å²) in [4.78, 5) is 11.5. The predicted molar refractivity (Wildman–Crippen MR) is 66.7 cm³/mol. The largest absolute Gasteiger partial charge is 0.287 e. The lowest BCUT2D eigenvalue weighted by molar-refractivity contribution is -0.127. The number of carbonyl (C=O) groups excluding carboxylic acids is 1. The van der Waals surface area contributed by atoms with E-state index in [0.29, 0.717) is 6.54 Å². The summed E-state index contributed by atoms with van der Waals surface area (Å²) in [5, 5.41) is 0. The molecule has 2 rings (SSSR count). The van der Waals surface area contributed by atoms with Crippen LogP contribution in [-0.2, 0) is 9.32 Å². The van der Waals surface area contributed by atoms with Gasteiger partial charge in [-0.3, -0.25) is 4.79 Å². The van der Waals surface area contributed by atoms with Gasteiger partial charge in [-0.1, -0.05) is 30.3 Å². The van der Waals surface area contributed by atoms with Gasteiger partial charge in [-0.05, 0) is 5.56 Å². The molecule has 0 N–H and O–H groups in total. The van der Waals surface area contributed by atoms with E-state index >= 15 is 0 Å². The first kappa shape index (κ1) is 12.5. The molecule has 0 spiro atoms. The Balaban J connectivity index is 2.19. The van der Waals surface area contributed by atoms with Gasteiger partial charge in [0, 0.05) is 0 Å². The minimum Gasteiger partial charge on any atom is -0.268 e. The van der Waals surface area contributed by atoms with E-state index in [4.69, 9.17) is 4.52 Å². The van der Waals surface area contributed by atoms with Crippen LogP contribution in [0.5, 0.6) is 0 Å². The fraction of sp³-hybridized carbons (Fsp3) is 0.417. The molecule has 0 aliphatic carbocycles. The average molecular weight is 256 g/mol. The lowest BCUT2D eigenvalue weighted by atomic mass is 10.1. The van der Waals surface area contributed by atoms with Crippen LogP contribution in [0.25, 0.3) is 0 Å². The zero-order chi connectivity index (χ0) is 12.5. The van der Waals surface area contributed by atoms with E-state index in [1.807, 2.05) is 43.7 Å². The molecule has 1 aliphatic heterocycles. The Morgan fingerprint density at radius 1 is 1.47 bits per heavy atom. The molecule has 3 nitrogen and oxygen atoms in total. The molecule has 5 heteroatoms. The summed E-state index contributed by atoms with van der Waals surface area (Å²) in [5.74, 6) is -0.471. The fourth-order valence-corrected chi connectivity index (χ4v) is 4.09. The monoisotopic (exact) mass is 256 g/mol. The number of hydrogen-bond acceptors (Lipinski definition) is 2. The van der Waals surface area contributed by atoms with Crippen molar-refractivity contribution in [1.29, 1.82) is 0 Å². The van der Waals surface area contributed by atoms with Crippen LogP contribution in [0.1, 0.15) is 11.7 Å². The summed E-state index contributed by atoms with van der Waals surface area (Å²) in [6.07, 6.45) is -0.130. The Labute approximate surface area is 101 Å². The number of nitrogens with zero attached hydrogens (tertiary/aromatic N) is 1. The van der Waals surface area contributed by atoms with Crippen molar-refractivity contribution in [2.75, 3.05) is 26.5 Å². The molecule has 1 atom stereocenters. The molecule has 1 aliphatic rings. The Morgan fingerprint density at radius 3 is 2.71 bits per heavy atom. The van der Waals surface area contributed by atoms with Crippen LogP contribution in [0.3, 0.4) is 0 Å². The molecular weight excluding hydrogens is 240 g/mol. The second-order valence-electron chi connectivity index (χ2n) is 4.41. The zero-order valence-electron chi connectivity index (χ0n) is 9.97. The van der Waals surface area contributed by atoms with Gasteiger partial charge < -0.3 is 0 Å². The standard InChI is InChI=1S/C12H16FNO2P/c1-17(2)14(12(15)8-13)9-11(16-17)10-6-4-3-5-7-10/h3-7,11H,8-9H2,1-2H3/q+1/t11-/m1/s1. The van der Waals surface area contributed by atoms with E-state index in [9.17, 15) is 9.18 Å². The first-order valence-corrected chi connectivity index (χ1v) is 8.04. The lowest BCUT2D eigenvalue weighted by Gasteiger charge is -2.18. The van der Waals surface area contributed by atoms with E-state index in [0.717, 1.165) is 5.56 Å². The number of hydrogen-bond donors (Lipinski definition) is 0. The average Bonchev–Trinajstić information content (AvgIpc) is 2.65. The molecule has 1 aromatic rings. The van der Waals surface area contributed by atoms with E-state index in [1.165, 1.54) is 0 Å². The van der Waals surface area contributed by atoms with Crippen LogP contribution in [0.4, 0.5) is 4.39 Å².